The molecule has 0 bridgehead atoms. The lowest BCUT2D eigenvalue weighted by molar-refractivity contribution is 0.866. The highest BCUT2D eigenvalue weighted by molar-refractivity contribution is 5.76. The highest BCUT2D eigenvalue weighted by Crippen LogP contribution is 2.22. The monoisotopic (exact) mass is 362 g/mol. The van der Waals surface area contributed by atoms with Crippen molar-refractivity contribution >= 4 is 11.0 Å². The quantitative estimate of drug-likeness (QED) is 0.448. The van der Waals surface area contributed by atoms with Gasteiger partial charge in [0.05, 0.1) is 34.8 Å². The molecule has 2 aromatic heterocycles. The Hall–Kier alpha value is -3.79. The zero-order chi connectivity index (χ0) is 18.8. The molecule has 0 saturated heterocycles. The summed E-state index contributed by atoms with van der Waals surface area (Å²) >= 11 is 0. The van der Waals surface area contributed by atoms with E-state index in [0.29, 0.717) is 0 Å². The van der Waals surface area contributed by atoms with Gasteiger partial charge in [-0.05, 0) is 35.7 Å². The molecule has 0 fully saturated rings. The molecule has 5 rings (SSSR count). The van der Waals surface area contributed by atoms with Crippen LogP contribution >= 0.6 is 0 Å². The van der Waals surface area contributed by atoms with E-state index in [1.807, 2.05) is 53.5 Å². The van der Waals surface area contributed by atoms with Gasteiger partial charge < -0.3 is 0 Å². The number of nitrogens with zero attached hydrogens (tertiary/aromatic N) is 4. The van der Waals surface area contributed by atoms with E-state index in [2.05, 4.69) is 52.5 Å². The average Bonchev–Trinajstić information content (AvgIpc) is 3.25. The fraction of sp³-hybridized carbons (Fsp3) is 0.0417. The SMILES string of the molecule is c1ccc(Cc2ccccc2-n2cc(-c3cnc4ccccc4n3)cn2)cc1. The maximum Gasteiger partial charge on any atom is 0.0924 e. The van der Waals surface area contributed by atoms with Gasteiger partial charge in [0.1, 0.15) is 0 Å². The van der Waals surface area contributed by atoms with E-state index in [0.717, 1.165) is 34.4 Å². The number of aromatic nitrogens is 4. The van der Waals surface area contributed by atoms with E-state index in [9.17, 15) is 0 Å². The molecule has 3 aromatic carbocycles. The number of hydrogen-bond acceptors (Lipinski definition) is 3. The van der Waals surface area contributed by atoms with Crippen LogP contribution in [0.25, 0.3) is 28.0 Å². The van der Waals surface area contributed by atoms with Crippen molar-refractivity contribution in [2.24, 2.45) is 0 Å². The lowest BCUT2D eigenvalue weighted by atomic mass is 10.0. The summed E-state index contributed by atoms with van der Waals surface area (Å²) in [7, 11) is 0. The number of para-hydroxylation sites is 3. The Morgan fingerprint density at radius 2 is 1.46 bits per heavy atom. The van der Waals surface area contributed by atoms with Gasteiger partial charge in [0, 0.05) is 11.8 Å². The summed E-state index contributed by atoms with van der Waals surface area (Å²) in [6.07, 6.45) is 6.53. The normalized spacial score (nSPS) is 11.0. The van der Waals surface area contributed by atoms with E-state index in [1.165, 1.54) is 11.1 Å². The summed E-state index contributed by atoms with van der Waals surface area (Å²) in [6, 6.07) is 26.7. The predicted octanol–water partition coefficient (Wildman–Crippen LogP) is 5.07. The Morgan fingerprint density at radius 3 is 2.36 bits per heavy atom. The summed E-state index contributed by atoms with van der Waals surface area (Å²) in [6.45, 7) is 0. The second-order valence-corrected chi connectivity index (χ2v) is 6.71. The third-order valence-corrected chi connectivity index (χ3v) is 4.80. The minimum absolute atomic E-state index is 0.825. The molecule has 5 aromatic rings. The smallest absolute Gasteiger partial charge is 0.0924 e. The molecule has 0 spiro atoms. The van der Waals surface area contributed by atoms with Crippen molar-refractivity contribution in [3.05, 3.63) is 109 Å². The first-order valence-electron chi connectivity index (χ1n) is 9.26. The molecule has 4 nitrogen and oxygen atoms in total. The van der Waals surface area contributed by atoms with Crippen molar-refractivity contribution < 1.29 is 0 Å². The molecule has 0 aliphatic rings. The van der Waals surface area contributed by atoms with Gasteiger partial charge in [-0.15, -0.1) is 0 Å². The van der Waals surface area contributed by atoms with Crippen molar-refractivity contribution in [1.29, 1.82) is 0 Å². The van der Waals surface area contributed by atoms with E-state index in [1.54, 1.807) is 6.20 Å². The Labute approximate surface area is 163 Å². The van der Waals surface area contributed by atoms with Crippen molar-refractivity contribution in [2.75, 3.05) is 0 Å². The van der Waals surface area contributed by atoms with Gasteiger partial charge in [0.15, 0.2) is 0 Å². The largest absolute Gasteiger partial charge is 0.252 e. The molecule has 0 saturated carbocycles. The van der Waals surface area contributed by atoms with Crippen LogP contribution in [0.1, 0.15) is 11.1 Å². The summed E-state index contributed by atoms with van der Waals surface area (Å²) in [5.41, 5.74) is 7.14. The molecule has 0 atom stereocenters. The maximum absolute atomic E-state index is 4.73. The van der Waals surface area contributed by atoms with Crippen LogP contribution in [0, 0.1) is 0 Å². The molecule has 4 heteroatoms. The first kappa shape index (κ1) is 16.4. The van der Waals surface area contributed by atoms with Gasteiger partial charge in [-0.2, -0.15) is 5.10 Å². The molecule has 0 radical (unpaired) electrons. The van der Waals surface area contributed by atoms with Crippen molar-refractivity contribution in [1.82, 2.24) is 19.7 Å². The third-order valence-electron chi connectivity index (χ3n) is 4.80. The summed E-state index contributed by atoms with van der Waals surface area (Å²) in [4.78, 5) is 9.24. The maximum atomic E-state index is 4.73. The van der Waals surface area contributed by atoms with Crippen LogP contribution in [0.5, 0.6) is 0 Å². The number of benzene rings is 3. The minimum Gasteiger partial charge on any atom is -0.252 e. The van der Waals surface area contributed by atoms with Gasteiger partial charge in [-0.25, -0.2) is 9.67 Å². The summed E-state index contributed by atoms with van der Waals surface area (Å²) < 4.78 is 1.92. The molecule has 0 N–H and O–H groups in total. The van der Waals surface area contributed by atoms with Crippen LogP contribution in [0.3, 0.4) is 0 Å². The van der Waals surface area contributed by atoms with Crippen molar-refractivity contribution in [2.45, 2.75) is 6.42 Å². The van der Waals surface area contributed by atoms with Crippen molar-refractivity contribution in [3.63, 3.8) is 0 Å². The highest BCUT2D eigenvalue weighted by atomic mass is 15.3. The van der Waals surface area contributed by atoms with Crippen LogP contribution in [-0.2, 0) is 6.42 Å². The van der Waals surface area contributed by atoms with E-state index >= 15 is 0 Å². The lowest BCUT2D eigenvalue weighted by Crippen LogP contribution is -2.00. The molecule has 0 amide bonds. The molecule has 28 heavy (non-hydrogen) atoms. The molecule has 2 heterocycles. The second kappa shape index (κ2) is 7.08. The third kappa shape index (κ3) is 3.16. The minimum atomic E-state index is 0.825. The number of fused-ring (bicyclic) bond motifs is 1. The zero-order valence-corrected chi connectivity index (χ0v) is 15.2. The Balaban J connectivity index is 1.51. The lowest BCUT2D eigenvalue weighted by Gasteiger charge is -2.09. The highest BCUT2D eigenvalue weighted by Gasteiger charge is 2.10. The van der Waals surface area contributed by atoms with Crippen molar-refractivity contribution in [3.8, 4) is 16.9 Å². The topological polar surface area (TPSA) is 43.6 Å². The second-order valence-electron chi connectivity index (χ2n) is 6.71. The number of hydrogen-bond donors (Lipinski definition) is 0. The van der Waals surface area contributed by atoms with Gasteiger partial charge in [0.2, 0.25) is 0 Å². The van der Waals surface area contributed by atoms with Crippen LogP contribution in [-0.4, -0.2) is 19.7 Å². The van der Waals surface area contributed by atoms with Crippen LogP contribution in [0.2, 0.25) is 0 Å². The first-order valence-corrected chi connectivity index (χ1v) is 9.26. The van der Waals surface area contributed by atoms with Gasteiger partial charge >= 0.3 is 0 Å². The van der Waals surface area contributed by atoms with Gasteiger partial charge in [0.25, 0.3) is 0 Å². The standard InChI is InChI=1S/C24H18N4/c1-2-8-18(9-3-1)14-19-10-4-7-13-24(19)28-17-20(15-26-28)23-16-25-21-11-5-6-12-22(21)27-23/h1-13,15-17H,14H2. The predicted molar refractivity (Wildman–Crippen MR) is 111 cm³/mol. The molecule has 0 aliphatic carbocycles. The zero-order valence-electron chi connectivity index (χ0n) is 15.2. The fourth-order valence-electron chi connectivity index (χ4n) is 3.38. The number of rotatable bonds is 4. The van der Waals surface area contributed by atoms with Crippen LogP contribution in [0.4, 0.5) is 0 Å². The molecule has 134 valence electrons. The average molecular weight is 362 g/mol. The first-order chi connectivity index (χ1) is 13.9. The van der Waals surface area contributed by atoms with Gasteiger partial charge in [-0.3, -0.25) is 4.98 Å². The molecular weight excluding hydrogens is 344 g/mol. The van der Waals surface area contributed by atoms with Gasteiger partial charge in [-0.1, -0.05) is 60.7 Å². The van der Waals surface area contributed by atoms with Crippen LogP contribution < -0.4 is 0 Å². The Morgan fingerprint density at radius 1 is 0.714 bits per heavy atom. The Kier molecular flexibility index (Phi) is 4.14. The summed E-state index contributed by atoms with van der Waals surface area (Å²) in [5.74, 6) is 0. The summed E-state index contributed by atoms with van der Waals surface area (Å²) in [5, 5.41) is 4.59. The molecule has 0 unspecified atom stereocenters. The molecule has 0 aliphatic heterocycles. The van der Waals surface area contributed by atoms with E-state index in [-0.39, 0.29) is 0 Å². The van der Waals surface area contributed by atoms with Crippen LogP contribution in [0.15, 0.2) is 97.5 Å². The van der Waals surface area contributed by atoms with E-state index < -0.39 is 0 Å². The Bertz CT molecular complexity index is 1240. The van der Waals surface area contributed by atoms with E-state index in [4.69, 9.17) is 4.98 Å². The fourth-order valence-corrected chi connectivity index (χ4v) is 3.38. The molecular formula is C24H18N4.